The van der Waals surface area contributed by atoms with Crippen molar-refractivity contribution in [3.05, 3.63) is 36.3 Å². The lowest BCUT2D eigenvalue weighted by Crippen LogP contribution is -2.24. The Hall–Kier alpha value is -2.04. The quantitative estimate of drug-likeness (QED) is 0.747. The van der Waals surface area contributed by atoms with E-state index in [-0.39, 0.29) is 5.91 Å². The number of furan rings is 1. The van der Waals surface area contributed by atoms with Crippen molar-refractivity contribution in [1.82, 2.24) is 4.90 Å². The van der Waals surface area contributed by atoms with Gasteiger partial charge in [0.2, 0.25) is 5.91 Å². The molecule has 0 radical (unpaired) electrons. The van der Waals surface area contributed by atoms with Crippen molar-refractivity contribution >= 4 is 11.9 Å². The zero-order valence-corrected chi connectivity index (χ0v) is 8.21. The molecule has 1 amide bonds. The van der Waals surface area contributed by atoms with E-state index < -0.39 is 5.97 Å². The predicted molar refractivity (Wildman–Crippen MR) is 52.0 cm³/mol. The number of hydrogen-bond donors (Lipinski definition) is 1. The summed E-state index contributed by atoms with van der Waals surface area (Å²) in [6.45, 7) is 0.315. The highest BCUT2D eigenvalue weighted by atomic mass is 16.4. The molecular formula is C10H11NO4. The number of hydrogen-bond acceptors (Lipinski definition) is 3. The van der Waals surface area contributed by atoms with Gasteiger partial charge in [0, 0.05) is 19.2 Å². The summed E-state index contributed by atoms with van der Waals surface area (Å²) in [5.74, 6) is -0.877. The Morgan fingerprint density at radius 3 is 2.80 bits per heavy atom. The summed E-state index contributed by atoms with van der Waals surface area (Å²) in [6.07, 6.45) is 3.33. The van der Waals surface area contributed by atoms with E-state index in [4.69, 9.17) is 9.52 Å². The van der Waals surface area contributed by atoms with Crippen LogP contribution in [0.2, 0.25) is 0 Å². The molecule has 0 saturated heterocycles. The predicted octanol–water partition coefficient (Wildman–Crippen LogP) is 0.879. The largest absolute Gasteiger partial charge is 0.478 e. The van der Waals surface area contributed by atoms with E-state index in [0.29, 0.717) is 12.3 Å². The number of nitrogens with zero attached hydrogens (tertiary/aromatic N) is 1. The smallest absolute Gasteiger partial charge is 0.328 e. The lowest BCUT2D eigenvalue weighted by molar-refractivity contribution is -0.132. The zero-order chi connectivity index (χ0) is 11.3. The second-order valence-corrected chi connectivity index (χ2v) is 2.95. The molecule has 0 spiro atoms. The molecular weight excluding hydrogens is 198 g/mol. The third kappa shape index (κ3) is 3.68. The number of aliphatic carboxylic acids is 1. The first-order valence-electron chi connectivity index (χ1n) is 4.28. The second kappa shape index (κ2) is 4.99. The maximum atomic E-state index is 11.3. The van der Waals surface area contributed by atoms with Crippen LogP contribution in [-0.4, -0.2) is 28.9 Å². The van der Waals surface area contributed by atoms with Crippen molar-refractivity contribution in [2.45, 2.75) is 6.54 Å². The van der Waals surface area contributed by atoms with E-state index in [9.17, 15) is 9.59 Å². The number of amides is 1. The summed E-state index contributed by atoms with van der Waals surface area (Å²) < 4.78 is 5.05. The van der Waals surface area contributed by atoms with Crippen LogP contribution < -0.4 is 0 Å². The molecule has 1 rings (SSSR count). The zero-order valence-electron chi connectivity index (χ0n) is 8.21. The SMILES string of the molecule is CN(Cc1ccco1)C(=O)/C=C\C(=O)O. The molecule has 5 heteroatoms. The molecule has 1 aromatic rings. The highest BCUT2D eigenvalue weighted by Gasteiger charge is 2.07. The van der Waals surface area contributed by atoms with Gasteiger partial charge in [-0.1, -0.05) is 0 Å². The number of carbonyl (C=O) groups is 2. The van der Waals surface area contributed by atoms with Gasteiger partial charge in [-0.2, -0.15) is 0 Å². The molecule has 0 bridgehead atoms. The van der Waals surface area contributed by atoms with E-state index in [1.165, 1.54) is 11.2 Å². The highest BCUT2D eigenvalue weighted by Crippen LogP contribution is 2.03. The average molecular weight is 209 g/mol. The van der Waals surface area contributed by atoms with E-state index in [2.05, 4.69) is 0 Å². The van der Waals surface area contributed by atoms with Crippen molar-refractivity contribution in [3.8, 4) is 0 Å². The fraction of sp³-hybridized carbons (Fsp3) is 0.200. The Bertz CT molecular complexity index is 367. The van der Waals surface area contributed by atoms with Crippen molar-refractivity contribution in [2.75, 3.05) is 7.05 Å². The fourth-order valence-electron chi connectivity index (χ4n) is 0.984. The molecule has 1 heterocycles. The van der Waals surface area contributed by atoms with Crippen LogP contribution in [0.4, 0.5) is 0 Å². The molecule has 0 aliphatic heterocycles. The van der Waals surface area contributed by atoms with Gasteiger partial charge in [-0.05, 0) is 12.1 Å². The minimum atomic E-state index is -1.14. The maximum absolute atomic E-state index is 11.3. The van der Waals surface area contributed by atoms with Gasteiger partial charge < -0.3 is 14.4 Å². The number of carboxylic acids is 1. The Morgan fingerprint density at radius 2 is 2.27 bits per heavy atom. The standard InChI is InChI=1S/C10H11NO4/c1-11(7-8-3-2-6-15-8)9(12)4-5-10(13)14/h2-6H,7H2,1H3,(H,13,14)/b5-4-. The minimum absolute atomic E-state index is 0.315. The Labute approximate surface area is 86.6 Å². The molecule has 0 fully saturated rings. The van der Waals surface area contributed by atoms with Gasteiger partial charge in [0.25, 0.3) is 0 Å². The molecule has 5 nitrogen and oxygen atoms in total. The summed E-state index contributed by atoms with van der Waals surface area (Å²) in [6, 6.07) is 3.46. The van der Waals surface area contributed by atoms with Crippen LogP contribution in [0.25, 0.3) is 0 Å². The molecule has 1 aromatic heterocycles. The molecule has 0 atom stereocenters. The lowest BCUT2D eigenvalue weighted by Gasteiger charge is -2.12. The maximum Gasteiger partial charge on any atom is 0.328 e. The van der Waals surface area contributed by atoms with Crippen LogP contribution in [0.3, 0.4) is 0 Å². The summed E-state index contributed by atoms with van der Waals surface area (Å²) in [7, 11) is 1.57. The van der Waals surface area contributed by atoms with Gasteiger partial charge >= 0.3 is 5.97 Å². The van der Waals surface area contributed by atoms with Crippen LogP contribution in [0.5, 0.6) is 0 Å². The van der Waals surface area contributed by atoms with Gasteiger partial charge in [0.05, 0.1) is 12.8 Å². The first-order chi connectivity index (χ1) is 7.09. The molecule has 0 saturated carbocycles. The van der Waals surface area contributed by atoms with Crippen LogP contribution in [-0.2, 0) is 16.1 Å². The van der Waals surface area contributed by atoms with E-state index in [1.807, 2.05) is 0 Å². The van der Waals surface area contributed by atoms with E-state index in [1.54, 1.807) is 19.2 Å². The minimum Gasteiger partial charge on any atom is -0.478 e. The highest BCUT2D eigenvalue weighted by molar-refractivity contribution is 5.93. The number of rotatable bonds is 4. The van der Waals surface area contributed by atoms with Crippen molar-refractivity contribution in [1.29, 1.82) is 0 Å². The molecule has 0 aliphatic carbocycles. The van der Waals surface area contributed by atoms with Crippen LogP contribution in [0.15, 0.2) is 35.0 Å². The Morgan fingerprint density at radius 1 is 1.53 bits per heavy atom. The molecule has 0 unspecified atom stereocenters. The van der Waals surface area contributed by atoms with Gasteiger partial charge in [-0.3, -0.25) is 4.79 Å². The van der Waals surface area contributed by atoms with Gasteiger partial charge in [-0.15, -0.1) is 0 Å². The third-order valence-corrected chi connectivity index (χ3v) is 1.72. The van der Waals surface area contributed by atoms with Crippen molar-refractivity contribution in [3.63, 3.8) is 0 Å². The Kier molecular flexibility index (Phi) is 3.68. The van der Waals surface area contributed by atoms with Crippen molar-refractivity contribution in [2.24, 2.45) is 0 Å². The Balaban J connectivity index is 2.50. The summed E-state index contributed by atoms with van der Waals surface area (Å²) in [5, 5.41) is 8.32. The number of carbonyl (C=O) groups excluding carboxylic acids is 1. The second-order valence-electron chi connectivity index (χ2n) is 2.95. The lowest BCUT2D eigenvalue weighted by atomic mass is 10.4. The molecule has 1 N–H and O–H groups in total. The monoisotopic (exact) mass is 209 g/mol. The van der Waals surface area contributed by atoms with Gasteiger partial charge in [0.1, 0.15) is 5.76 Å². The molecule has 0 aliphatic rings. The first kappa shape index (κ1) is 11.0. The fourth-order valence-corrected chi connectivity index (χ4v) is 0.984. The van der Waals surface area contributed by atoms with E-state index in [0.717, 1.165) is 12.2 Å². The van der Waals surface area contributed by atoms with Gasteiger partial charge in [0.15, 0.2) is 0 Å². The number of carboxylic acid groups (broad SMARTS) is 1. The summed E-state index contributed by atoms with van der Waals surface area (Å²) in [4.78, 5) is 22.8. The molecule has 15 heavy (non-hydrogen) atoms. The van der Waals surface area contributed by atoms with Gasteiger partial charge in [-0.25, -0.2) is 4.79 Å². The summed E-state index contributed by atoms with van der Waals surface area (Å²) >= 11 is 0. The number of likely N-dealkylation sites (N-methyl/N-ethyl adjacent to an activating group) is 1. The average Bonchev–Trinajstić information content (AvgIpc) is 2.66. The van der Waals surface area contributed by atoms with Crippen molar-refractivity contribution < 1.29 is 19.1 Å². The molecule has 0 aromatic carbocycles. The first-order valence-corrected chi connectivity index (χ1v) is 4.28. The normalized spacial score (nSPS) is 10.5. The molecule has 80 valence electrons. The third-order valence-electron chi connectivity index (χ3n) is 1.72. The summed E-state index contributed by atoms with van der Waals surface area (Å²) in [5.41, 5.74) is 0. The van der Waals surface area contributed by atoms with Crippen LogP contribution in [0.1, 0.15) is 5.76 Å². The van der Waals surface area contributed by atoms with E-state index >= 15 is 0 Å². The topological polar surface area (TPSA) is 70.8 Å². The van der Waals surface area contributed by atoms with Crippen LogP contribution >= 0.6 is 0 Å². The van der Waals surface area contributed by atoms with Crippen LogP contribution in [0, 0.1) is 0 Å².